The lowest BCUT2D eigenvalue weighted by Crippen LogP contribution is -2.63. The fourth-order valence-corrected chi connectivity index (χ4v) is 3.05. The Morgan fingerprint density at radius 3 is 2.68 bits per heavy atom. The monoisotopic (exact) mass is 284 g/mol. The van der Waals surface area contributed by atoms with Gasteiger partial charge in [-0.3, -0.25) is 0 Å². The highest BCUT2D eigenvalue weighted by Crippen LogP contribution is 2.32. The van der Waals surface area contributed by atoms with Crippen molar-refractivity contribution in [1.29, 1.82) is 0 Å². The van der Waals surface area contributed by atoms with Gasteiger partial charge in [-0.25, -0.2) is 4.39 Å². The topological polar surface area (TPSA) is 15.3 Å². The number of hydrogen-bond donors (Lipinski definition) is 1. The first-order chi connectivity index (χ1) is 9.01. The summed E-state index contributed by atoms with van der Waals surface area (Å²) in [7, 11) is 0. The third-order valence-corrected chi connectivity index (χ3v) is 4.65. The smallest absolute Gasteiger partial charge is 0.124 e. The van der Waals surface area contributed by atoms with E-state index in [2.05, 4.69) is 31.0 Å². The van der Waals surface area contributed by atoms with Gasteiger partial charge in [-0.05, 0) is 38.0 Å². The quantitative estimate of drug-likeness (QED) is 0.907. The van der Waals surface area contributed by atoms with Crippen molar-refractivity contribution in [1.82, 2.24) is 5.32 Å². The Hall–Kier alpha value is -0.800. The summed E-state index contributed by atoms with van der Waals surface area (Å²) >= 11 is 6.21. The predicted octanol–water partition coefficient (Wildman–Crippen LogP) is 3.84. The molecular formula is C15H22ClFN2. The molecule has 19 heavy (non-hydrogen) atoms. The van der Waals surface area contributed by atoms with E-state index in [-0.39, 0.29) is 11.4 Å². The zero-order valence-corrected chi connectivity index (χ0v) is 12.6. The van der Waals surface area contributed by atoms with Crippen LogP contribution in [0.1, 0.15) is 33.6 Å². The maximum atomic E-state index is 13.2. The Bertz CT molecular complexity index is 446. The Morgan fingerprint density at radius 1 is 1.42 bits per heavy atom. The number of piperazine rings is 1. The number of nitrogens with one attached hydrogen (secondary N) is 1. The molecule has 106 valence electrons. The maximum Gasteiger partial charge on any atom is 0.124 e. The van der Waals surface area contributed by atoms with Gasteiger partial charge in [0.05, 0.1) is 10.7 Å². The minimum absolute atomic E-state index is 0.129. The van der Waals surface area contributed by atoms with E-state index in [4.69, 9.17) is 11.6 Å². The van der Waals surface area contributed by atoms with E-state index in [1.54, 1.807) is 6.07 Å². The molecule has 1 atom stereocenters. The van der Waals surface area contributed by atoms with Crippen LogP contribution < -0.4 is 10.2 Å². The molecule has 0 aliphatic carbocycles. The van der Waals surface area contributed by atoms with Gasteiger partial charge in [-0.15, -0.1) is 0 Å². The molecule has 0 saturated carbocycles. The lowest BCUT2D eigenvalue weighted by atomic mass is 9.88. The highest BCUT2D eigenvalue weighted by molar-refractivity contribution is 6.33. The van der Waals surface area contributed by atoms with Gasteiger partial charge >= 0.3 is 0 Å². The van der Waals surface area contributed by atoms with Gasteiger partial charge in [0, 0.05) is 24.7 Å². The van der Waals surface area contributed by atoms with Gasteiger partial charge in [0.25, 0.3) is 0 Å². The number of benzene rings is 1. The van der Waals surface area contributed by atoms with Crippen LogP contribution in [-0.2, 0) is 0 Å². The summed E-state index contributed by atoms with van der Waals surface area (Å²) in [5.41, 5.74) is 1.06. The molecule has 4 heteroatoms. The van der Waals surface area contributed by atoms with Crippen LogP contribution in [0, 0.1) is 5.82 Å². The van der Waals surface area contributed by atoms with Gasteiger partial charge < -0.3 is 10.2 Å². The molecule has 1 N–H and O–H groups in total. The Labute approximate surface area is 119 Å². The molecule has 0 spiro atoms. The summed E-state index contributed by atoms with van der Waals surface area (Å²) < 4.78 is 13.2. The zero-order valence-electron chi connectivity index (χ0n) is 11.8. The molecule has 0 bridgehead atoms. The second-order valence-corrected chi connectivity index (χ2v) is 5.85. The summed E-state index contributed by atoms with van der Waals surface area (Å²) in [5, 5.41) is 4.15. The molecule has 1 fully saturated rings. The van der Waals surface area contributed by atoms with E-state index >= 15 is 0 Å². The Morgan fingerprint density at radius 2 is 2.11 bits per heavy atom. The minimum atomic E-state index is -0.284. The number of hydrogen-bond acceptors (Lipinski definition) is 2. The Kier molecular flexibility index (Phi) is 4.36. The lowest BCUT2D eigenvalue weighted by Gasteiger charge is -2.48. The van der Waals surface area contributed by atoms with Gasteiger partial charge in [0.15, 0.2) is 0 Å². The summed E-state index contributed by atoms with van der Waals surface area (Å²) in [5.74, 6) is -0.284. The van der Waals surface area contributed by atoms with E-state index < -0.39 is 0 Å². The molecule has 1 aromatic rings. The second kappa shape index (κ2) is 5.68. The van der Waals surface area contributed by atoms with Crippen LogP contribution >= 0.6 is 11.6 Å². The molecule has 0 radical (unpaired) electrons. The van der Waals surface area contributed by atoms with Crippen LogP contribution in [0.3, 0.4) is 0 Å². The van der Waals surface area contributed by atoms with Crippen molar-refractivity contribution >= 4 is 17.3 Å². The molecule has 2 rings (SSSR count). The van der Waals surface area contributed by atoms with E-state index in [1.807, 2.05) is 0 Å². The summed E-state index contributed by atoms with van der Waals surface area (Å²) in [6, 6.07) is 5.02. The van der Waals surface area contributed by atoms with E-state index in [1.165, 1.54) is 12.1 Å². The molecule has 1 aromatic carbocycles. The van der Waals surface area contributed by atoms with Crippen LogP contribution in [0.4, 0.5) is 10.1 Å². The third-order valence-electron chi connectivity index (χ3n) is 4.35. The number of anilines is 1. The molecule has 2 nitrogen and oxygen atoms in total. The van der Waals surface area contributed by atoms with Crippen LogP contribution in [0.15, 0.2) is 18.2 Å². The molecule has 1 saturated heterocycles. The second-order valence-electron chi connectivity index (χ2n) is 5.44. The van der Waals surface area contributed by atoms with E-state index in [0.717, 1.165) is 31.6 Å². The summed E-state index contributed by atoms with van der Waals surface area (Å²) in [4.78, 5) is 2.30. The van der Waals surface area contributed by atoms with Crippen LogP contribution in [-0.4, -0.2) is 24.7 Å². The minimum Gasteiger partial charge on any atom is -0.364 e. The average molecular weight is 285 g/mol. The normalized spacial score (nSPS) is 22.6. The molecule has 0 amide bonds. The standard InChI is InChI=1S/C15H22ClFN2/c1-4-15(5-2)10-19(11(3)9-18-15)14-7-6-12(17)8-13(14)16/h6-8,11,18H,4-5,9-10H2,1-3H3. The Balaban J connectivity index is 2.31. The molecule has 1 aliphatic heterocycles. The van der Waals surface area contributed by atoms with Gasteiger partial charge in [0.1, 0.15) is 5.82 Å². The van der Waals surface area contributed by atoms with Crippen molar-refractivity contribution < 1.29 is 4.39 Å². The van der Waals surface area contributed by atoms with Crippen molar-refractivity contribution in [2.75, 3.05) is 18.0 Å². The predicted molar refractivity (Wildman–Crippen MR) is 79.5 cm³/mol. The first kappa shape index (κ1) is 14.6. The number of rotatable bonds is 3. The van der Waals surface area contributed by atoms with Crippen molar-refractivity contribution in [3.05, 3.63) is 29.0 Å². The van der Waals surface area contributed by atoms with Crippen LogP contribution in [0.25, 0.3) is 0 Å². The largest absolute Gasteiger partial charge is 0.364 e. The fourth-order valence-electron chi connectivity index (χ4n) is 2.77. The fraction of sp³-hybridized carbons (Fsp3) is 0.600. The zero-order chi connectivity index (χ0) is 14.0. The number of nitrogens with zero attached hydrogens (tertiary/aromatic N) is 1. The van der Waals surface area contributed by atoms with Gasteiger partial charge in [-0.1, -0.05) is 25.4 Å². The third kappa shape index (κ3) is 2.87. The van der Waals surface area contributed by atoms with Crippen LogP contribution in [0.5, 0.6) is 0 Å². The molecular weight excluding hydrogens is 263 g/mol. The first-order valence-corrected chi connectivity index (χ1v) is 7.36. The molecule has 0 aromatic heterocycles. The SMILES string of the molecule is CCC1(CC)CN(c2ccc(F)cc2Cl)C(C)CN1. The van der Waals surface area contributed by atoms with Crippen molar-refractivity contribution in [3.63, 3.8) is 0 Å². The van der Waals surface area contributed by atoms with Gasteiger partial charge in [-0.2, -0.15) is 0 Å². The van der Waals surface area contributed by atoms with E-state index in [9.17, 15) is 4.39 Å². The summed E-state index contributed by atoms with van der Waals surface area (Å²) in [6.07, 6.45) is 2.15. The maximum absolute atomic E-state index is 13.2. The lowest BCUT2D eigenvalue weighted by molar-refractivity contribution is 0.254. The van der Waals surface area contributed by atoms with E-state index in [0.29, 0.717) is 11.1 Å². The highest BCUT2D eigenvalue weighted by Gasteiger charge is 2.35. The van der Waals surface area contributed by atoms with Crippen molar-refractivity contribution in [2.24, 2.45) is 0 Å². The number of halogens is 2. The molecule has 1 unspecified atom stereocenters. The van der Waals surface area contributed by atoms with Crippen LogP contribution in [0.2, 0.25) is 5.02 Å². The van der Waals surface area contributed by atoms with Gasteiger partial charge in [0.2, 0.25) is 0 Å². The molecule has 1 aliphatic rings. The van der Waals surface area contributed by atoms with Crippen molar-refractivity contribution in [3.8, 4) is 0 Å². The summed E-state index contributed by atoms with van der Waals surface area (Å²) in [6.45, 7) is 8.41. The highest BCUT2D eigenvalue weighted by atomic mass is 35.5. The average Bonchev–Trinajstić information content (AvgIpc) is 2.41. The molecule has 1 heterocycles. The van der Waals surface area contributed by atoms with Crippen molar-refractivity contribution in [2.45, 2.75) is 45.2 Å². The first-order valence-electron chi connectivity index (χ1n) is 6.98.